The molecule has 0 heterocycles. The summed E-state index contributed by atoms with van der Waals surface area (Å²) in [4.78, 5) is 12.1. The molecular weight excluding hydrogens is 445 g/mol. The lowest BCUT2D eigenvalue weighted by atomic mass is 10.2. The van der Waals surface area contributed by atoms with Crippen LogP contribution in [0.2, 0.25) is 0 Å². The van der Waals surface area contributed by atoms with Crippen LogP contribution >= 0.6 is 47.0 Å². The first-order valence-corrected chi connectivity index (χ1v) is 9.58. The van der Waals surface area contributed by atoms with Crippen molar-refractivity contribution >= 4 is 63.9 Å². The Bertz CT molecular complexity index is 803. The van der Waals surface area contributed by atoms with Crippen molar-refractivity contribution in [3.8, 4) is 5.75 Å². The third-order valence-electron chi connectivity index (χ3n) is 3.43. The lowest BCUT2D eigenvalue weighted by Crippen LogP contribution is -2.56. The third-order valence-corrected chi connectivity index (χ3v) is 4.31. The van der Waals surface area contributed by atoms with Crippen molar-refractivity contribution in [3.63, 3.8) is 0 Å². The molecule has 6 nitrogen and oxygen atoms in total. The quantitative estimate of drug-likeness (QED) is 0.331. The topological polar surface area (TPSA) is 71.6 Å². The van der Waals surface area contributed by atoms with E-state index in [0.29, 0.717) is 11.4 Å². The molecule has 2 rings (SSSR count). The Labute approximate surface area is 183 Å². The number of benzene rings is 2. The molecule has 28 heavy (non-hydrogen) atoms. The zero-order valence-corrected chi connectivity index (χ0v) is 17.8. The van der Waals surface area contributed by atoms with Gasteiger partial charge in [-0.05, 0) is 29.9 Å². The van der Waals surface area contributed by atoms with Crippen molar-refractivity contribution in [3.05, 3.63) is 60.2 Å². The maximum atomic E-state index is 12.1. The summed E-state index contributed by atoms with van der Waals surface area (Å²) < 4.78 is 8.49. The van der Waals surface area contributed by atoms with Gasteiger partial charge in [-0.25, -0.2) is 4.79 Å². The van der Waals surface area contributed by atoms with Crippen molar-refractivity contribution < 1.29 is 14.3 Å². The lowest BCUT2D eigenvalue weighted by Gasteiger charge is -2.27. The number of amides is 1. The highest BCUT2D eigenvalue weighted by Gasteiger charge is 2.35. The van der Waals surface area contributed by atoms with Crippen molar-refractivity contribution in [2.24, 2.45) is 0 Å². The van der Waals surface area contributed by atoms with E-state index in [0.717, 1.165) is 5.56 Å². The summed E-state index contributed by atoms with van der Waals surface area (Å²) in [7, 11) is 1.53. The Balaban J connectivity index is 1.95. The highest BCUT2D eigenvalue weighted by Crippen LogP contribution is 2.29. The molecular formula is C18H18Cl3N3O3S. The molecule has 10 heteroatoms. The molecule has 0 saturated carbocycles. The number of carbonyl (C=O) groups excluding carboxylic acids is 1. The number of ether oxygens (including phenoxy) is 2. The Morgan fingerprint density at radius 1 is 1.07 bits per heavy atom. The molecule has 0 aliphatic carbocycles. The molecule has 0 spiro atoms. The van der Waals surface area contributed by atoms with Crippen LogP contribution in [-0.4, -0.2) is 28.3 Å². The van der Waals surface area contributed by atoms with Crippen LogP contribution in [0.3, 0.4) is 0 Å². The van der Waals surface area contributed by atoms with Crippen molar-refractivity contribution in [2.75, 3.05) is 12.4 Å². The standard InChI is InChI=1S/C18H18Cl3N3O3S/c1-26-14-10-6-5-9-13(14)22-16(28)23-15(18(19,20)21)24-17(25)27-11-12-7-3-2-4-8-12/h2-10,15H,11H2,1H3,(H,24,25)(H2,22,23,28). The average Bonchev–Trinajstić information content (AvgIpc) is 2.66. The lowest BCUT2D eigenvalue weighted by molar-refractivity contribution is 0.135. The maximum Gasteiger partial charge on any atom is 0.409 e. The van der Waals surface area contributed by atoms with E-state index in [1.54, 1.807) is 18.2 Å². The van der Waals surface area contributed by atoms with Gasteiger partial charge in [0.2, 0.25) is 3.79 Å². The second-order valence-electron chi connectivity index (χ2n) is 5.48. The fourth-order valence-electron chi connectivity index (χ4n) is 2.12. The van der Waals surface area contributed by atoms with Gasteiger partial charge in [-0.1, -0.05) is 77.3 Å². The van der Waals surface area contributed by atoms with Gasteiger partial charge >= 0.3 is 6.09 Å². The smallest absolute Gasteiger partial charge is 0.409 e. The Kier molecular flexibility index (Phi) is 8.44. The van der Waals surface area contributed by atoms with Crippen LogP contribution in [-0.2, 0) is 11.3 Å². The van der Waals surface area contributed by atoms with Crippen molar-refractivity contribution in [2.45, 2.75) is 16.6 Å². The van der Waals surface area contributed by atoms with Gasteiger partial charge in [0.05, 0.1) is 12.8 Å². The highest BCUT2D eigenvalue weighted by molar-refractivity contribution is 7.80. The van der Waals surface area contributed by atoms with Gasteiger partial charge in [-0.2, -0.15) is 0 Å². The monoisotopic (exact) mass is 461 g/mol. The van der Waals surface area contributed by atoms with Gasteiger partial charge < -0.3 is 20.1 Å². The molecule has 0 saturated heterocycles. The summed E-state index contributed by atoms with van der Waals surface area (Å²) in [6, 6.07) is 16.3. The summed E-state index contributed by atoms with van der Waals surface area (Å²) in [5.74, 6) is 0.576. The molecule has 0 radical (unpaired) electrons. The first kappa shape index (κ1) is 22.4. The minimum atomic E-state index is -1.89. The fraction of sp³-hybridized carbons (Fsp3) is 0.222. The van der Waals surface area contributed by atoms with Crippen LogP contribution in [0.4, 0.5) is 10.5 Å². The molecule has 0 aliphatic heterocycles. The van der Waals surface area contributed by atoms with E-state index in [1.807, 2.05) is 36.4 Å². The number of nitrogens with one attached hydrogen (secondary N) is 3. The summed E-state index contributed by atoms with van der Waals surface area (Å²) in [5.41, 5.74) is 1.43. The van der Waals surface area contributed by atoms with Gasteiger partial charge in [0.1, 0.15) is 12.4 Å². The van der Waals surface area contributed by atoms with Gasteiger partial charge in [0, 0.05) is 0 Å². The van der Waals surface area contributed by atoms with Gasteiger partial charge in [-0.3, -0.25) is 5.32 Å². The molecule has 150 valence electrons. The fourth-order valence-corrected chi connectivity index (χ4v) is 2.67. The predicted octanol–water partition coefficient (Wildman–Crippen LogP) is 4.60. The number of para-hydroxylation sites is 2. The molecule has 1 unspecified atom stereocenters. The van der Waals surface area contributed by atoms with E-state index < -0.39 is 16.1 Å². The molecule has 1 atom stereocenters. The number of hydrogen-bond acceptors (Lipinski definition) is 4. The van der Waals surface area contributed by atoms with Gasteiger partial charge in [0.25, 0.3) is 0 Å². The Morgan fingerprint density at radius 3 is 2.36 bits per heavy atom. The second-order valence-corrected chi connectivity index (χ2v) is 8.26. The van der Waals surface area contributed by atoms with Crippen LogP contribution < -0.4 is 20.7 Å². The van der Waals surface area contributed by atoms with Crippen LogP contribution in [0.25, 0.3) is 0 Å². The molecule has 2 aromatic rings. The van der Waals surface area contributed by atoms with E-state index in [-0.39, 0.29) is 11.7 Å². The second kappa shape index (κ2) is 10.6. The first-order valence-electron chi connectivity index (χ1n) is 8.04. The van der Waals surface area contributed by atoms with Gasteiger partial charge in [-0.15, -0.1) is 0 Å². The van der Waals surface area contributed by atoms with Crippen LogP contribution in [0.15, 0.2) is 54.6 Å². The summed E-state index contributed by atoms with van der Waals surface area (Å²) in [6.07, 6.45) is -1.91. The number of methoxy groups -OCH3 is 1. The zero-order valence-electron chi connectivity index (χ0n) is 14.7. The molecule has 0 aliphatic rings. The SMILES string of the molecule is COc1ccccc1NC(=S)NC(NC(=O)OCc1ccccc1)C(Cl)(Cl)Cl. The minimum absolute atomic E-state index is 0.0726. The Hall–Kier alpha value is -1.93. The number of carbonyl (C=O) groups is 1. The van der Waals surface area contributed by atoms with Crippen LogP contribution in [0.1, 0.15) is 5.56 Å². The molecule has 0 bridgehead atoms. The molecule has 1 amide bonds. The number of rotatable bonds is 6. The van der Waals surface area contributed by atoms with Crippen molar-refractivity contribution in [1.82, 2.24) is 10.6 Å². The normalized spacial score (nSPS) is 11.9. The molecule has 2 aromatic carbocycles. The number of alkyl halides is 3. The van der Waals surface area contributed by atoms with E-state index in [2.05, 4.69) is 16.0 Å². The molecule has 0 fully saturated rings. The van der Waals surface area contributed by atoms with E-state index in [4.69, 9.17) is 56.5 Å². The molecule has 3 N–H and O–H groups in total. The third kappa shape index (κ3) is 7.24. The number of hydrogen-bond donors (Lipinski definition) is 3. The summed E-state index contributed by atoms with van der Waals surface area (Å²) >= 11 is 23.1. The summed E-state index contributed by atoms with van der Waals surface area (Å²) in [5, 5.41) is 8.23. The minimum Gasteiger partial charge on any atom is -0.495 e. The summed E-state index contributed by atoms with van der Waals surface area (Å²) in [6.45, 7) is 0.0726. The average molecular weight is 463 g/mol. The largest absolute Gasteiger partial charge is 0.495 e. The molecule has 0 aromatic heterocycles. The van der Waals surface area contributed by atoms with Gasteiger partial charge in [0.15, 0.2) is 11.3 Å². The van der Waals surface area contributed by atoms with E-state index in [9.17, 15) is 4.79 Å². The number of thiocarbonyl (C=S) groups is 1. The Morgan fingerprint density at radius 2 is 1.71 bits per heavy atom. The maximum absolute atomic E-state index is 12.1. The van der Waals surface area contributed by atoms with Crippen LogP contribution in [0, 0.1) is 0 Å². The first-order chi connectivity index (χ1) is 13.3. The van der Waals surface area contributed by atoms with Crippen LogP contribution in [0.5, 0.6) is 5.75 Å². The van der Waals surface area contributed by atoms with E-state index in [1.165, 1.54) is 7.11 Å². The number of alkyl carbamates (subject to hydrolysis) is 1. The highest BCUT2D eigenvalue weighted by atomic mass is 35.6. The zero-order chi connectivity index (χ0) is 20.6. The predicted molar refractivity (Wildman–Crippen MR) is 116 cm³/mol. The van der Waals surface area contributed by atoms with E-state index >= 15 is 0 Å². The number of anilines is 1. The van der Waals surface area contributed by atoms with Crippen molar-refractivity contribution in [1.29, 1.82) is 0 Å². The number of halogens is 3.